The Balaban J connectivity index is 1.29. The number of nitrogens with one attached hydrogen (secondary N) is 1. The first-order chi connectivity index (χ1) is 18.5. The summed E-state index contributed by atoms with van der Waals surface area (Å²) in [6, 6.07) is 29.7. The van der Waals surface area contributed by atoms with Crippen molar-refractivity contribution >= 4 is 28.1 Å². The lowest BCUT2D eigenvalue weighted by Crippen LogP contribution is -2.50. The molecule has 196 valence electrons. The number of piperazine rings is 1. The number of hydrogen-bond donors (Lipinski definition) is 1. The van der Waals surface area contributed by atoms with E-state index in [-0.39, 0.29) is 17.8 Å². The van der Waals surface area contributed by atoms with Gasteiger partial charge in [-0.15, -0.1) is 0 Å². The van der Waals surface area contributed by atoms with Crippen molar-refractivity contribution in [3.63, 3.8) is 0 Å². The lowest BCUT2D eigenvalue weighted by atomic mass is 10.0. The number of anilines is 2. The molecule has 38 heavy (non-hydrogen) atoms. The van der Waals surface area contributed by atoms with Gasteiger partial charge in [0.1, 0.15) is 5.82 Å². The van der Waals surface area contributed by atoms with Crippen LogP contribution in [-0.2, 0) is 11.2 Å². The molecule has 4 aromatic carbocycles. The van der Waals surface area contributed by atoms with Crippen LogP contribution < -0.4 is 15.1 Å². The summed E-state index contributed by atoms with van der Waals surface area (Å²) in [5.41, 5.74) is 4.42. The summed E-state index contributed by atoms with van der Waals surface area (Å²) in [6.45, 7) is 3.96. The number of carbonyl (C=O) groups excluding carboxylic acids is 1. The predicted octanol–water partition coefficient (Wildman–Crippen LogP) is 5.27. The van der Waals surface area contributed by atoms with E-state index in [2.05, 4.69) is 62.5 Å². The fourth-order valence-corrected chi connectivity index (χ4v) is 5.29. The van der Waals surface area contributed by atoms with E-state index in [0.717, 1.165) is 53.9 Å². The maximum atomic E-state index is 13.4. The standard InChI is InChI=1S/C32H35FN4O/c1-35(2)28-14-10-25(11-15-28)31(37-20-18-36(19-21-37)29-16-12-27(33)13-17-29)23-34-32(38)22-26-8-5-7-24-6-3-4-9-30(24)26/h3-17,31H,18-23H2,1-2H3,(H,34,38). The Morgan fingerprint density at radius 1 is 0.868 bits per heavy atom. The number of fused-ring (bicyclic) bond motifs is 1. The second kappa shape index (κ2) is 11.7. The minimum atomic E-state index is -0.215. The molecule has 5 rings (SSSR count). The smallest absolute Gasteiger partial charge is 0.224 e. The Bertz CT molecular complexity index is 1360. The third kappa shape index (κ3) is 5.97. The van der Waals surface area contributed by atoms with E-state index in [1.807, 2.05) is 50.5 Å². The average molecular weight is 511 g/mol. The zero-order chi connectivity index (χ0) is 26.5. The van der Waals surface area contributed by atoms with E-state index in [9.17, 15) is 9.18 Å². The molecular weight excluding hydrogens is 475 g/mol. The van der Waals surface area contributed by atoms with Gasteiger partial charge in [0.05, 0.1) is 12.5 Å². The molecule has 1 aliphatic rings. The second-order valence-corrected chi connectivity index (χ2v) is 10.1. The summed E-state index contributed by atoms with van der Waals surface area (Å²) in [6.07, 6.45) is 0.353. The quantitative estimate of drug-likeness (QED) is 0.351. The van der Waals surface area contributed by atoms with Crippen LogP contribution in [0.15, 0.2) is 91.0 Å². The minimum Gasteiger partial charge on any atom is -0.378 e. The van der Waals surface area contributed by atoms with Crippen molar-refractivity contribution in [2.45, 2.75) is 12.5 Å². The van der Waals surface area contributed by atoms with Gasteiger partial charge in [0.25, 0.3) is 0 Å². The molecule has 0 aromatic heterocycles. The molecule has 0 spiro atoms. The van der Waals surface area contributed by atoms with Crippen molar-refractivity contribution in [3.8, 4) is 0 Å². The first-order valence-corrected chi connectivity index (χ1v) is 13.2. The Labute approximate surface area is 224 Å². The van der Waals surface area contributed by atoms with Crippen LogP contribution in [0.5, 0.6) is 0 Å². The molecule has 4 aromatic rings. The van der Waals surface area contributed by atoms with Crippen LogP contribution in [0.2, 0.25) is 0 Å². The van der Waals surface area contributed by atoms with Crippen molar-refractivity contribution in [3.05, 3.63) is 108 Å². The number of carbonyl (C=O) groups is 1. The first kappa shape index (κ1) is 25.7. The molecule has 5 nitrogen and oxygen atoms in total. The van der Waals surface area contributed by atoms with Gasteiger partial charge >= 0.3 is 0 Å². The van der Waals surface area contributed by atoms with Gasteiger partial charge in [0.15, 0.2) is 0 Å². The lowest BCUT2D eigenvalue weighted by molar-refractivity contribution is -0.120. The Morgan fingerprint density at radius 2 is 1.55 bits per heavy atom. The van der Waals surface area contributed by atoms with Gasteiger partial charge < -0.3 is 15.1 Å². The highest BCUT2D eigenvalue weighted by atomic mass is 19.1. The van der Waals surface area contributed by atoms with Crippen molar-refractivity contribution in [2.24, 2.45) is 0 Å². The molecule has 1 atom stereocenters. The van der Waals surface area contributed by atoms with Crippen molar-refractivity contribution in [1.82, 2.24) is 10.2 Å². The Kier molecular flexibility index (Phi) is 7.89. The van der Waals surface area contributed by atoms with Crippen LogP contribution in [0.3, 0.4) is 0 Å². The molecule has 1 unspecified atom stereocenters. The minimum absolute atomic E-state index is 0.0289. The van der Waals surface area contributed by atoms with Crippen molar-refractivity contribution in [1.29, 1.82) is 0 Å². The highest BCUT2D eigenvalue weighted by Crippen LogP contribution is 2.26. The molecule has 0 aliphatic carbocycles. The maximum absolute atomic E-state index is 13.4. The molecule has 1 fully saturated rings. The molecule has 6 heteroatoms. The summed E-state index contributed by atoms with van der Waals surface area (Å²) in [4.78, 5) is 19.9. The van der Waals surface area contributed by atoms with E-state index in [0.29, 0.717) is 13.0 Å². The summed E-state index contributed by atoms with van der Waals surface area (Å²) < 4.78 is 13.4. The second-order valence-electron chi connectivity index (χ2n) is 10.1. The van der Waals surface area contributed by atoms with Gasteiger partial charge in [-0.1, -0.05) is 54.6 Å². The van der Waals surface area contributed by atoms with Gasteiger partial charge in [0.2, 0.25) is 5.91 Å². The number of halogens is 1. The van der Waals surface area contributed by atoms with Crippen LogP contribution in [0.1, 0.15) is 17.2 Å². The molecule has 1 N–H and O–H groups in total. The average Bonchev–Trinajstić information content (AvgIpc) is 2.94. The number of rotatable bonds is 8. The predicted molar refractivity (Wildman–Crippen MR) is 154 cm³/mol. The fourth-order valence-electron chi connectivity index (χ4n) is 5.29. The molecule has 1 saturated heterocycles. The lowest BCUT2D eigenvalue weighted by Gasteiger charge is -2.40. The third-order valence-corrected chi connectivity index (χ3v) is 7.46. The van der Waals surface area contributed by atoms with Crippen LogP contribution >= 0.6 is 0 Å². The van der Waals surface area contributed by atoms with E-state index in [4.69, 9.17) is 0 Å². The van der Waals surface area contributed by atoms with E-state index in [1.165, 1.54) is 17.7 Å². The SMILES string of the molecule is CN(C)c1ccc(C(CNC(=O)Cc2cccc3ccccc23)N2CCN(c3ccc(F)cc3)CC2)cc1. The molecule has 1 amide bonds. The summed E-state index contributed by atoms with van der Waals surface area (Å²) in [7, 11) is 4.07. The molecule has 0 saturated carbocycles. The van der Waals surface area contributed by atoms with Crippen LogP contribution in [-0.4, -0.2) is 57.6 Å². The van der Waals surface area contributed by atoms with Gasteiger partial charge in [-0.2, -0.15) is 0 Å². The Morgan fingerprint density at radius 3 is 2.26 bits per heavy atom. The Hall–Kier alpha value is -3.90. The van der Waals surface area contributed by atoms with Crippen LogP contribution in [0.4, 0.5) is 15.8 Å². The zero-order valence-corrected chi connectivity index (χ0v) is 22.1. The highest BCUT2D eigenvalue weighted by Gasteiger charge is 2.26. The molecular formula is C32H35FN4O. The molecule has 0 radical (unpaired) electrons. The third-order valence-electron chi connectivity index (χ3n) is 7.46. The largest absolute Gasteiger partial charge is 0.378 e. The first-order valence-electron chi connectivity index (χ1n) is 13.2. The van der Waals surface area contributed by atoms with Gasteiger partial charge in [-0.3, -0.25) is 9.69 Å². The van der Waals surface area contributed by atoms with Gasteiger partial charge in [-0.05, 0) is 58.3 Å². The number of nitrogens with zero attached hydrogens (tertiary/aromatic N) is 3. The summed E-state index contributed by atoms with van der Waals surface area (Å²) >= 11 is 0. The van der Waals surface area contributed by atoms with Crippen LogP contribution in [0, 0.1) is 5.82 Å². The normalized spacial score (nSPS) is 14.9. The molecule has 1 heterocycles. The van der Waals surface area contributed by atoms with Crippen molar-refractivity contribution in [2.75, 3.05) is 56.6 Å². The topological polar surface area (TPSA) is 38.8 Å². The number of amides is 1. The summed E-state index contributed by atoms with van der Waals surface area (Å²) in [5, 5.41) is 5.50. The molecule has 1 aliphatic heterocycles. The van der Waals surface area contributed by atoms with E-state index in [1.54, 1.807) is 0 Å². The maximum Gasteiger partial charge on any atom is 0.224 e. The van der Waals surface area contributed by atoms with E-state index < -0.39 is 0 Å². The zero-order valence-electron chi connectivity index (χ0n) is 22.1. The number of hydrogen-bond acceptors (Lipinski definition) is 4. The van der Waals surface area contributed by atoms with Crippen LogP contribution in [0.25, 0.3) is 10.8 Å². The molecule has 0 bridgehead atoms. The summed E-state index contributed by atoms with van der Waals surface area (Å²) in [5.74, 6) is -0.186. The van der Waals surface area contributed by atoms with E-state index >= 15 is 0 Å². The fraction of sp³-hybridized carbons (Fsp3) is 0.281. The monoisotopic (exact) mass is 510 g/mol. The highest BCUT2D eigenvalue weighted by molar-refractivity contribution is 5.90. The number of benzene rings is 4. The van der Waals surface area contributed by atoms with Crippen molar-refractivity contribution < 1.29 is 9.18 Å². The van der Waals surface area contributed by atoms with Gasteiger partial charge in [0, 0.05) is 58.2 Å². The van der Waals surface area contributed by atoms with Gasteiger partial charge in [-0.25, -0.2) is 4.39 Å².